The van der Waals surface area contributed by atoms with Crippen molar-refractivity contribution in [2.45, 2.75) is 38.1 Å². The molecule has 4 nitrogen and oxygen atoms in total. The minimum atomic E-state index is -0.802. The fraction of sp³-hybridized carbons (Fsp3) is 0.333. The molecule has 2 aromatic rings. The maximum atomic E-state index is 12.6. The average Bonchev–Trinajstić information content (AvgIpc) is 2.64. The minimum Gasteiger partial charge on any atom is -0.481 e. The Hall–Kier alpha value is -2.62. The molecule has 1 N–H and O–H groups in total. The van der Waals surface area contributed by atoms with Gasteiger partial charge in [0.2, 0.25) is 5.91 Å². The molecule has 4 heteroatoms. The number of rotatable bonds is 6. The van der Waals surface area contributed by atoms with Crippen molar-refractivity contribution in [1.82, 2.24) is 4.90 Å². The topological polar surface area (TPSA) is 57.6 Å². The van der Waals surface area contributed by atoms with Crippen LogP contribution in [0.5, 0.6) is 0 Å². The first kappa shape index (κ1) is 17.2. The highest BCUT2D eigenvalue weighted by atomic mass is 16.4. The molecule has 3 rings (SSSR count). The number of carbonyl (C=O) groups is 2. The smallest absolute Gasteiger partial charge is 0.303 e. The lowest BCUT2D eigenvalue weighted by Gasteiger charge is -2.35. The number of carboxylic acid groups (broad SMARTS) is 1. The van der Waals surface area contributed by atoms with E-state index in [4.69, 9.17) is 5.11 Å². The Kier molecular flexibility index (Phi) is 5.49. The van der Waals surface area contributed by atoms with Crippen molar-refractivity contribution in [1.29, 1.82) is 0 Å². The number of nitrogens with zero attached hydrogens (tertiary/aromatic N) is 1. The van der Waals surface area contributed by atoms with E-state index < -0.39 is 5.97 Å². The molecule has 0 radical (unpaired) electrons. The molecule has 0 saturated heterocycles. The van der Waals surface area contributed by atoms with Crippen molar-refractivity contribution in [3.8, 4) is 0 Å². The number of carbonyl (C=O) groups excluding carboxylic acids is 1. The van der Waals surface area contributed by atoms with Gasteiger partial charge in [0.15, 0.2) is 0 Å². The summed E-state index contributed by atoms with van der Waals surface area (Å²) in [5.41, 5.74) is 3.71. The predicted octanol–water partition coefficient (Wildman–Crippen LogP) is 3.81. The number of unbranched alkanes of at least 4 members (excludes halogenated alkanes) is 1. The van der Waals surface area contributed by atoms with Crippen LogP contribution in [-0.2, 0) is 16.1 Å². The van der Waals surface area contributed by atoms with Crippen LogP contribution in [0.2, 0.25) is 0 Å². The Bertz CT molecular complexity index is 742. The highest BCUT2D eigenvalue weighted by Crippen LogP contribution is 2.33. The molecule has 1 aliphatic heterocycles. The summed E-state index contributed by atoms with van der Waals surface area (Å²) in [7, 11) is 0. The van der Waals surface area contributed by atoms with Crippen LogP contribution < -0.4 is 0 Å². The fourth-order valence-electron chi connectivity index (χ4n) is 3.48. The van der Waals surface area contributed by atoms with E-state index in [1.165, 1.54) is 16.7 Å². The van der Waals surface area contributed by atoms with Gasteiger partial charge in [-0.25, -0.2) is 0 Å². The monoisotopic (exact) mass is 337 g/mol. The van der Waals surface area contributed by atoms with Gasteiger partial charge in [-0.15, -0.1) is 0 Å². The van der Waals surface area contributed by atoms with Gasteiger partial charge in [0.25, 0.3) is 0 Å². The fourth-order valence-corrected chi connectivity index (χ4v) is 3.48. The first-order valence-electron chi connectivity index (χ1n) is 8.77. The molecule has 1 aliphatic rings. The van der Waals surface area contributed by atoms with E-state index in [0.717, 1.165) is 0 Å². The standard InChI is InChI=1S/C21H23NO3/c23-20(12-6-7-13-21(24)25)22-14-17-10-4-5-11-18(17)19(15-22)16-8-2-1-3-9-16/h1-5,8-11,19H,6-7,12-15H2,(H,24,25). The second kappa shape index (κ2) is 7.97. The normalized spacial score (nSPS) is 16.3. The summed E-state index contributed by atoms with van der Waals surface area (Å²) in [4.78, 5) is 25.1. The molecule has 0 saturated carbocycles. The molecule has 1 amide bonds. The van der Waals surface area contributed by atoms with E-state index in [0.29, 0.717) is 32.4 Å². The van der Waals surface area contributed by atoms with Crippen molar-refractivity contribution < 1.29 is 14.7 Å². The lowest BCUT2D eigenvalue weighted by atomic mass is 9.84. The summed E-state index contributed by atoms with van der Waals surface area (Å²) in [6, 6.07) is 18.6. The van der Waals surface area contributed by atoms with E-state index >= 15 is 0 Å². The molecular formula is C21H23NO3. The zero-order valence-corrected chi connectivity index (χ0v) is 14.2. The Morgan fingerprint density at radius 1 is 0.960 bits per heavy atom. The minimum absolute atomic E-state index is 0.112. The molecule has 0 fully saturated rings. The SMILES string of the molecule is O=C(O)CCCCC(=O)N1Cc2ccccc2C(c2ccccc2)C1. The zero-order valence-electron chi connectivity index (χ0n) is 14.2. The third kappa shape index (κ3) is 4.27. The zero-order chi connectivity index (χ0) is 17.6. The third-order valence-corrected chi connectivity index (χ3v) is 4.78. The van der Waals surface area contributed by atoms with Crippen molar-refractivity contribution in [3.05, 3.63) is 71.3 Å². The van der Waals surface area contributed by atoms with Crippen LogP contribution in [0.3, 0.4) is 0 Å². The number of hydrogen-bond donors (Lipinski definition) is 1. The molecular weight excluding hydrogens is 314 g/mol. The molecule has 130 valence electrons. The molecule has 2 aromatic carbocycles. The van der Waals surface area contributed by atoms with Gasteiger partial charge in [-0.05, 0) is 29.5 Å². The van der Waals surface area contributed by atoms with Crippen LogP contribution in [0.4, 0.5) is 0 Å². The summed E-state index contributed by atoms with van der Waals surface area (Å²) in [5, 5.41) is 8.70. The predicted molar refractivity (Wildman–Crippen MR) is 96.2 cm³/mol. The number of fused-ring (bicyclic) bond motifs is 1. The van der Waals surface area contributed by atoms with Gasteiger partial charge in [-0.1, -0.05) is 54.6 Å². The van der Waals surface area contributed by atoms with Gasteiger partial charge >= 0.3 is 5.97 Å². The summed E-state index contributed by atoms with van der Waals surface area (Å²) in [5.74, 6) is -0.501. The van der Waals surface area contributed by atoms with Crippen LogP contribution in [0.25, 0.3) is 0 Å². The average molecular weight is 337 g/mol. The first-order chi connectivity index (χ1) is 12.1. The number of benzene rings is 2. The van der Waals surface area contributed by atoms with Crippen molar-refractivity contribution in [3.63, 3.8) is 0 Å². The molecule has 0 aliphatic carbocycles. The number of aliphatic carboxylic acids is 1. The molecule has 0 aromatic heterocycles. The number of carboxylic acids is 1. The molecule has 0 spiro atoms. The molecule has 0 bridgehead atoms. The summed E-state index contributed by atoms with van der Waals surface area (Å²) in [6.45, 7) is 1.32. The Balaban J connectivity index is 1.73. The maximum absolute atomic E-state index is 12.6. The molecule has 25 heavy (non-hydrogen) atoms. The van der Waals surface area contributed by atoms with Crippen molar-refractivity contribution in [2.75, 3.05) is 6.54 Å². The van der Waals surface area contributed by atoms with Crippen LogP contribution >= 0.6 is 0 Å². The molecule has 1 atom stereocenters. The Labute approximate surface area is 148 Å². The Morgan fingerprint density at radius 2 is 1.64 bits per heavy atom. The Morgan fingerprint density at radius 3 is 2.40 bits per heavy atom. The number of amides is 1. The lowest BCUT2D eigenvalue weighted by molar-refractivity contribution is -0.137. The van der Waals surface area contributed by atoms with E-state index in [1.54, 1.807) is 0 Å². The van der Waals surface area contributed by atoms with Gasteiger partial charge in [0, 0.05) is 31.8 Å². The summed E-state index contributed by atoms with van der Waals surface area (Å²) in [6.07, 6.45) is 1.71. The van der Waals surface area contributed by atoms with Crippen molar-refractivity contribution >= 4 is 11.9 Å². The second-order valence-corrected chi connectivity index (χ2v) is 6.54. The summed E-state index contributed by atoms with van der Waals surface area (Å²) < 4.78 is 0. The van der Waals surface area contributed by atoms with Gasteiger partial charge in [0.05, 0.1) is 0 Å². The first-order valence-corrected chi connectivity index (χ1v) is 8.77. The quantitative estimate of drug-likeness (QED) is 0.816. The van der Waals surface area contributed by atoms with Gasteiger partial charge in [-0.2, -0.15) is 0 Å². The highest BCUT2D eigenvalue weighted by Gasteiger charge is 2.28. The third-order valence-electron chi connectivity index (χ3n) is 4.78. The van der Waals surface area contributed by atoms with Gasteiger partial charge in [-0.3, -0.25) is 9.59 Å². The molecule has 1 unspecified atom stereocenters. The summed E-state index contributed by atoms with van der Waals surface area (Å²) >= 11 is 0. The van der Waals surface area contributed by atoms with Crippen LogP contribution in [0.15, 0.2) is 54.6 Å². The maximum Gasteiger partial charge on any atom is 0.303 e. The van der Waals surface area contributed by atoms with E-state index in [-0.39, 0.29) is 18.2 Å². The lowest BCUT2D eigenvalue weighted by Crippen LogP contribution is -2.38. The van der Waals surface area contributed by atoms with E-state index in [2.05, 4.69) is 30.3 Å². The van der Waals surface area contributed by atoms with Crippen LogP contribution in [0.1, 0.15) is 48.3 Å². The molecule has 1 heterocycles. The van der Waals surface area contributed by atoms with Gasteiger partial charge in [0.1, 0.15) is 0 Å². The van der Waals surface area contributed by atoms with E-state index in [1.807, 2.05) is 29.2 Å². The van der Waals surface area contributed by atoms with Gasteiger partial charge < -0.3 is 10.0 Å². The van der Waals surface area contributed by atoms with Crippen LogP contribution in [0, 0.1) is 0 Å². The van der Waals surface area contributed by atoms with Crippen molar-refractivity contribution in [2.24, 2.45) is 0 Å². The number of hydrogen-bond acceptors (Lipinski definition) is 2. The largest absolute Gasteiger partial charge is 0.481 e. The highest BCUT2D eigenvalue weighted by molar-refractivity contribution is 5.77. The van der Waals surface area contributed by atoms with E-state index in [9.17, 15) is 9.59 Å². The second-order valence-electron chi connectivity index (χ2n) is 6.54. The van der Waals surface area contributed by atoms with Crippen LogP contribution in [-0.4, -0.2) is 28.4 Å².